The predicted molar refractivity (Wildman–Crippen MR) is 98.0 cm³/mol. The fraction of sp³-hybridized carbons (Fsp3) is 0.316. The topological polar surface area (TPSA) is 46.5 Å². The first-order valence-electron chi connectivity index (χ1n) is 7.60. The quantitative estimate of drug-likeness (QED) is 0.769. The monoisotopic (exact) mass is 366 g/mol. The van der Waals surface area contributed by atoms with Crippen LogP contribution >= 0.6 is 23.2 Å². The first-order valence-corrected chi connectivity index (χ1v) is 8.36. The lowest BCUT2D eigenvalue weighted by atomic mass is 9.71. The van der Waals surface area contributed by atoms with Crippen LogP contribution in [0.25, 0.3) is 5.57 Å². The van der Waals surface area contributed by atoms with Gasteiger partial charge in [-0.05, 0) is 29.7 Å². The van der Waals surface area contributed by atoms with Crippen LogP contribution in [0.3, 0.4) is 0 Å². The Morgan fingerprint density at radius 1 is 1.33 bits per heavy atom. The van der Waals surface area contributed by atoms with E-state index in [0.29, 0.717) is 16.5 Å². The van der Waals surface area contributed by atoms with Gasteiger partial charge in [0.25, 0.3) is 0 Å². The number of ether oxygens (including phenoxy) is 1. The zero-order valence-electron chi connectivity index (χ0n) is 13.6. The van der Waals surface area contributed by atoms with Crippen LogP contribution in [-0.4, -0.2) is 24.8 Å². The van der Waals surface area contributed by atoms with Gasteiger partial charge in [-0.3, -0.25) is 4.79 Å². The molecule has 1 aliphatic rings. The Bertz CT molecular complexity index is 707. The second-order valence-corrected chi connectivity index (χ2v) is 6.79. The fourth-order valence-electron chi connectivity index (χ4n) is 2.76. The maximum absolute atomic E-state index is 12.0. The van der Waals surface area contributed by atoms with Gasteiger partial charge in [-0.1, -0.05) is 66.6 Å². The van der Waals surface area contributed by atoms with Gasteiger partial charge in [0.05, 0.1) is 29.7 Å². The summed E-state index contributed by atoms with van der Waals surface area (Å²) < 4.78 is 4.91. The minimum Gasteiger partial charge on any atom is -0.469 e. The molecule has 1 aliphatic carbocycles. The van der Waals surface area contributed by atoms with Crippen molar-refractivity contribution in [2.24, 2.45) is 11.3 Å². The number of esters is 1. The van der Waals surface area contributed by atoms with Crippen LogP contribution in [0.1, 0.15) is 18.9 Å². The van der Waals surface area contributed by atoms with Crippen LogP contribution in [0.5, 0.6) is 0 Å². The first kappa shape index (κ1) is 18.8. The van der Waals surface area contributed by atoms with Gasteiger partial charge in [0.15, 0.2) is 0 Å². The van der Waals surface area contributed by atoms with Crippen molar-refractivity contribution in [1.82, 2.24) is 0 Å². The number of benzene rings is 1. The second kappa shape index (κ2) is 8.02. The number of aliphatic hydroxyl groups excluding tert-OH is 1. The highest BCUT2D eigenvalue weighted by Crippen LogP contribution is 2.39. The number of allylic oxidation sites excluding steroid dienone is 4. The van der Waals surface area contributed by atoms with Gasteiger partial charge in [0.1, 0.15) is 0 Å². The maximum Gasteiger partial charge on any atom is 0.313 e. The van der Waals surface area contributed by atoms with Crippen LogP contribution in [0, 0.1) is 11.3 Å². The molecule has 0 saturated heterocycles. The van der Waals surface area contributed by atoms with E-state index in [1.165, 1.54) is 7.11 Å². The van der Waals surface area contributed by atoms with Gasteiger partial charge in [0.2, 0.25) is 0 Å². The Hall–Kier alpha value is -1.55. The largest absolute Gasteiger partial charge is 0.469 e. The molecule has 1 aromatic carbocycles. The molecule has 2 atom stereocenters. The van der Waals surface area contributed by atoms with Crippen molar-refractivity contribution in [1.29, 1.82) is 0 Å². The summed E-state index contributed by atoms with van der Waals surface area (Å²) in [5.41, 5.74) is 1.13. The average molecular weight is 367 g/mol. The average Bonchev–Trinajstić information content (AvgIpc) is 2.58. The number of hydrogen-bond donors (Lipinski definition) is 1. The molecule has 1 N–H and O–H groups in total. The lowest BCUT2D eigenvalue weighted by Gasteiger charge is -2.32. The van der Waals surface area contributed by atoms with Crippen molar-refractivity contribution in [3.63, 3.8) is 0 Å². The van der Waals surface area contributed by atoms with Crippen molar-refractivity contribution in [3.8, 4) is 0 Å². The summed E-state index contributed by atoms with van der Waals surface area (Å²) in [4.78, 5) is 12.0. The molecule has 0 aromatic heterocycles. The van der Waals surface area contributed by atoms with Gasteiger partial charge in [0, 0.05) is 5.41 Å². The first-order chi connectivity index (χ1) is 11.4. The lowest BCUT2D eigenvalue weighted by Crippen LogP contribution is -2.32. The highest BCUT2D eigenvalue weighted by Gasteiger charge is 2.36. The van der Waals surface area contributed by atoms with Crippen molar-refractivity contribution < 1.29 is 14.6 Å². The fourth-order valence-corrected chi connectivity index (χ4v) is 3.05. The maximum atomic E-state index is 12.0. The minimum atomic E-state index is -0.418. The van der Waals surface area contributed by atoms with E-state index in [1.54, 1.807) is 12.1 Å². The number of methoxy groups -OCH3 is 1. The second-order valence-electron chi connectivity index (χ2n) is 5.97. The van der Waals surface area contributed by atoms with Crippen molar-refractivity contribution in [2.75, 3.05) is 13.7 Å². The summed E-state index contributed by atoms with van der Waals surface area (Å²) in [5.74, 6) is -0.635. The number of carbonyl (C=O) groups is 1. The molecule has 128 valence electrons. The van der Waals surface area contributed by atoms with Gasteiger partial charge in [-0.15, -0.1) is 0 Å². The van der Waals surface area contributed by atoms with Crippen molar-refractivity contribution in [3.05, 3.63) is 64.2 Å². The molecule has 1 aromatic rings. The van der Waals surface area contributed by atoms with E-state index in [9.17, 15) is 9.90 Å². The van der Waals surface area contributed by atoms with Crippen LogP contribution in [0.15, 0.2) is 48.6 Å². The van der Waals surface area contributed by atoms with E-state index in [1.807, 2.05) is 43.4 Å². The molecule has 5 heteroatoms. The smallest absolute Gasteiger partial charge is 0.313 e. The molecule has 0 heterocycles. The molecule has 0 spiro atoms. The van der Waals surface area contributed by atoms with E-state index in [2.05, 4.69) is 0 Å². The molecule has 2 unspecified atom stereocenters. The summed E-state index contributed by atoms with van der Waals surface area (Å²) in [6.07, 6.45) is 10.1. The van der Waals surface area contributed by atoms with E-state index in [4.69, 9.17) is 27.9 Å². The third-order valence-electron chi connectivity index (χ3n) is 4.31. The number of rotatable bonds is 5. The van der Waals surface area contributed by atoms with Crippen molar-refractivity contribution in [2.45, 2.75) is 13.3 Å². The lowest BCUT2D eigenvalue weighted by molar-refractivity contribution is -0.146. The highest BCUT2D eigenvalue weighted by molar-refractivity contribution is 6.42. The number of carbonyl (C=O) groups excluding carboxylic acids is 1. The molecule has 0 saturated carbocycles. The van der Waals surface area contributed by atoms with E-state index >= 15 is 0 Å². The summed E-state index contributed by atoms with van der Waals surface area (Å²) in [6.45, 7) is 1.87. The summed E-state index contributed by atoms with van der Waals surface area (Å²) in [7, 11) is 1.39. The van der Waals surface area contributed by atoms with E-state index in [-0.39, 0.29) is 18.5 Å². The molecule has 0 aliphatic heterocycles. The van der Waals surface area contributed by atoms with Gasteiger partial charge < -0.3 is 9.84 Å². The van der Waals surface area contributed by atoms with E-state index in [0.717, 1.165) is 11.1 Å². The zero-order valence-corrected chi connectivity index (χ0v) is 15.1. The Morgan fingerprint density at radius 2 is 2.08 bits per heavy atom. The highest BCUT2D eigenvalue weighted by atomic mass is 35.5. The Labute approximate surface area is 152 Å². The van der Waals surface area contributed by atoms with Crippen LogP contribution < -0.4 is 0 Å². The zero-order chi connectivity index (χ0) is 17.7. The molecular weight excluding hydrogens is 347 g/mol. The number of halogens is 2. The summed E-state index contributed by atoms with van der Waals surface area (Å²) >= 11 is 12.0. The Morgan fingerprint density at radius 3 is 2.71 bits per heavy atom. The molecule has 0 radical (unpaired) electrons. The Kier molecular flexibility index (Phi) is 6.27. The van der Waals surface area contributed by atoms with Crippen molar-refractivity contribution >= 4 is 34.7 Å². The molecular formula is C19H20Cl2O3. The predicted octanol–water partition coefficient (Wildman–Crippen LogP) is 4.68. The molecule has 0 bridgehead atoms. The van der Waals surface area contributed by atoms with Crippen LogP contribution in [0.2, 0.25) is 10.0 Å². The molecule has 2 rings (SSSR count). The molecule has 3 nitrogen and oxygen atoms in total. The Balaban J connectivity index is 2.28. The standard InChI is InChI=1S/C19H20Cl2O3/c1-19(9-4-3-5-15(19)18(23)24-2)10-8-14(12-22)13-6-7-16(20)17(21)11-13/h3-9,11,15,22H,10,12H2,1-2H3/b14-8+. The normalized spacial score (nSPS) is 23.4. The van der Waals surface area contributed by atoms with Gasteiger partial charge in [-0.2, -0.15) is 0 Å². The van der Waals surface area contributed by atoms with Crippen LogP contribution in [0.4, 0.5) is 0 Å². The third-order valence-corrected chi connectivity index (χ3v) is 5.05. The number of hydrogen-bond acceptors (Lipinski definition) is 3. The summed E-state index contributed by atoms with van der Waals surface area (Å²) in [6, 6.07) is 5.24. The minimum absolute atomic E-state index is 0.128. The van der Waals surface area contributed by atoms with Crippen LogP contribution in [-0.2, 0) is 9.53 Å². The van der Waals surface area contributed by atoms with Gasteiger partial charge >= 0.3 is 5.97 Å². The third kappa shape index (κ3) is 4.10. The number of aliphatic hydroxyl groups is 1. The molecule has 24 heavy (non-hydrogen) atoms. The summed E-state index contributed by atoms with van der Waals surface area (Å²) in [5, 5.41) is 10.6. The molecule has 0 amide bonds. The SMILES string of the molecule is COC(=O)C1C=CC=CC1(C)C/C=C(\CO)c1ccc(Cl)c(Cl)c1. The van der Waals surface area contributed by atoms with E-state index < -0.39 is 5.41 Å². The molecule has 0 fully saturated rings. The van der Waals surface area contributed by atoms with Gasteiger partial charge in [-0.25, -0.2) is 0 Å².